The standard InChI is InChI=1S/C17H12ClF3N2O3S/c18-12-7-13(19)15(8-16(12)26-17(20)21)23-27(24,25)11-6-14(22-9-11)10-4-2-1-3-5-10/h1-9,17,22-23H. The van der Waals surface area contributed by atoms with Gasteiger partial charge in [-0.2, -0.15) is 8.78 Å². The predicted octanol–water partition coefficient (Wildman–Crippen LogP) is 4.88. The lowest BCUT2D eigenvalue weighted by Crippen LogP contribution is -2.14. The minimum absolute atomic E-state index is 0.160. The smallest absolute Gasteiger partial charge is 0.387 e. The van der Waals surface area contributed by atoms with Crippen LogP contribution in [0, 0.1) is 5.82 Å². The normalized spacial score (nSPS) is 11.6. The van der Waals surface area contributed by atoms with Crippen LogP contribution in [0.4, 0.5) is 18.9 Å². The van der Waals surface area contributed by atoms with E-state index in [2.05, 4.69) is 9.72 Å². The number of hydrogen-bond acceptors (Lipinski definition) is 3. The number of nitrogens with one attached hydrogen (secondary N) is 2. The SMILES string of the molecule is O=S(=O)(Nc1cc(OC(F)F)c(Cl)cc1F)c1c[nH]c(-c2ccccc2)c1. The molecule has 0 spiro atoms. The first-order valence-electron chi connectivity index (χ1n) is 7.47. The lowest BCUT2D eigenvalue weighted by atomic mass is 10.2. The van der Waals surface area contributed by atoms with E-state index in [1.807, 2.05) is 10.8 Å². The van der Waals surface area contributed by atoms with Gasteiger partial charge in [0.15, 0.2) is 0 Å². The largest absolute Gasteiger partial charge is 0.433 e. The van der Waals surface area contributed by atoms with Crippen LogP contribution in [-0.4, -0.2) is 20.0 Å². The Kier molecular flexibility index (Phi) is 5.33. The molecule has 2 N–H and O–H groups in total. The quantitative estimate of drug-likeness (QED) is 0.601. The highest BCUT2D eigenvalue weighted by atomic mass is 35.5. The summed E-state index contributed by atoms with van der Waals surface area (Å²) >= 11 is 5.62. The zero-order valence-electron chi connectivity index (χ0n) is 13.4. The molecule has 0 atom stereocenters. The molecule has 0 aliphatic rings. The predicted molar refractivity (Wildman–Crippen MR) is 95.1 cm³/mol. The summed E-state index contributed by atoms with van der Waals surface area (Å²) in [5.41, 5.74) is 0.719. The zero-order valence-corrected chi connectivity index (χ0v) is 15.0. The van der Waals surface area contributed by atoms with Crippen LogP contribution in [0.2, 0.25) is 5.02 Å². The van der Waals surface area contributed by atoms with Crippen molar-refractivity contribution < 1.29 is 26.3 Å². The first-order valence-corrected chi connectivity index (χ1v) is 9.33. The molecule has 2 aromatic carbocycles. The van der Waals surface area contributed by atoms with E-state index < -0.39 is 38.9 Å². The molecule has 0 aliphatic carbocycles. The molecule has 1 heterocycles. The summed E-state index contributed by atoms with van der Waals surface area (Å²) < 4.78 is 69.9. The number of halogens is 4. The lowest BCUT2D eigenvalue weighted by Gasteiger charge is -2.12. The van der Waals surface area contributed by atoms with Crippen molar-refractivity contribution in [3.8, 4) is 17.0 Å². The summed E-state index contributed by atoms with van der Waals surface area (Å²) in [6, 6.07) is 11.8. The first kappa shape index (κ1) is 19.1. The average molecular weight is 417 g/mol. The molecule has 0 saturated heterocycles. The van der Waals surface area contributed by atoms with Crippen LogP contribution in [0.15, 0.2) is 59.6 Å². The van der Waals surface area contributed by atoms with Gasteiger partial charge in [-0.05, 0) is 17.7 Å². The number of benzene rings is 2. The highest BCUT2D eigenvalue weighted by Gasteiger charge is 2.21. The van der Waals surface area contributed by atoms with Gasteiger partial charge in [-0.1, -0.05) is 41.9 Å². The number of anilines is 1. The summed E-state index contributed by atoms with van der Waals surface area (Å²) in [6.45, 7) is -3.20. The molecule has 0 radical (unpaired) electrons. The van der Waals surface area contributed by atoms with Crippen molar-refractivity contribution in [2.75, 3.05) is 4.72 Å². The van der Waals surface area contributed by atoms with E-state index in [0.29, 0.717) is 11.8 Å². The van der Waals surface area contributed by atoms with Crippen LogP contribution < -0.4 is 9.46 Å². The molecule has 0 bridgehead atoms. The molecule has 1 aromatic heterocycles. The number of aromatic nitrogens is 1. The van der Waals surface area contributed by atoms with Crippen LogP contribution in [0.25, 0.3) is 11.3 Å². The van der Waals surface area contributed by atoms with Crippen molar-refractivity contribution in [2.45, 2.75) is 11.5 Å². The Morgan fingerprint density at radius 2 is 1.81 bits per heavy atom. The molecule has 3 rings (SSSR count). The van der Waals surface area contributed by atoms with Crippen molar-refractivity contribution in [3.05, 3.63) is 65.6 Å². The maximum Gasteiger partial charge on any atom is 0.387 e. The van der Waals surface area contributed by atoms with Gasteiger partial charge in [0.2, 0.25) is 0 Å². The second-order valence-electron chi connectivity index (χ2n) is 5.36. The summed E-state index contributed by atoms with van der Waals surface area (Å²) in [5.74, 6) is -1.59. The Balaban J connectivity index is 1.90. The van der Waals surface area contributed by atoms with Crippen LogP contribution >= 0.6 is 11.6 Å². The highest BCUT2D eigenvalue weighted by molar-refractivity contribution is 7.92. The topological polar surface area (TPSA) is 71.2 Å². The summed E-state index contributed by atoms with van der Waals surface area (Å²) in [7, 11) is -4.19. The zero-order chi connectivity index (χ0) is 19.6. The number of alkyl halides is 2. The van der Waals surface area contributed by atoms with Crippen molar-refractivity contribution >= 4 is 27.3 Å². The fourth-order valence-electron chi connectivity index (χ4n) is 2.31. The molecular weight excluding hydrogens is 405 g/mol. The molecular formula is C17H12ClF3N2O3S. The van der Waals surface area contributed by atoms with Crippen LogP contribution in [0.5, 0.6) is 5.75 Å². The van der Waals surface area contributed by atoms with E-state index in [1.165, 1.54) is 12.3 Å². The van der Waals surface area contributed by atoms with Crippen molar-refractivity contribution in [3.63, 3.8) is 0 Å². The fourth-order valence-corrected chi connectivity index (χ4v) is 3.56. The van der Waals surface area contributed by atoms with Gasteiger partial charge in [0.25, 0.3) is 10.0 Å². The Morgan fingerprint density at radius 1 is 1.11 bits per heavy atom. The van der Waals surface area contributed by atoms with Gasteiger partial charge in [-0.25, -0.2) is 12.8 Å². The Hall–Kier alpha value is -2.65. The number of sulfonamides is 1. The third-order valence-corrected chi connectivity index (χ3v) is 5.17. The third-order valence-electron chi connectivity index (χ3n) is 3.53. The van der Waals surface area contributed by atoms with Crippen molar-refractivity contribution in [1.82, 2.24) is 4.98 Å². The lowest BCUT2D eigenvalue weighted by molar-refractivity contribution is -0.0497. The minimum atomic E-state index is -4.19. The molecule has 0 amide bonds. The third kappa shape index (κ3) is 4.37. The summed E-state index contributed by atoms with van der Waals surface area (Å²) in [5, 5.41) is -0.413. The molecule has 0 saturated carbocycles. The van der Waals surface area contributed by atoms with Gasteiger partial charge < -0.3 is 9.72 Å². The molecule has 142 valence electrons. The second kappa shape index (κ2) is 7.53. The van der Waals surface area contributed by atoms with E-state index in [4.69, 9.17) is 11.6 Å². The average Bonchev–Trinajstić information content (AvgIpc) is 3.10. The maximum absolute atomic E-state index is 14.0. The molecule has 3 aromatic rings. The maximum atomic E-state index is 14.0. The molecule has 5 nitrogen and oxygen atoms in total. The Bertz CT molecular complexity index is 1060. The summed E-state index contributed by atoms with van der Waals surface area (Å²) in [6.07, 6.45) is 1.23. The van der Waals surface area contributed by atoms with Gasteiger partial charge in [0.05, 0.1) is 10.7 Å². The number of aromatic amines is 1. The highest BCUT2D eigenvalue weighted by Crippen LogP contribution is 2.33. The second-order valence-corrected chi connectivity index (χ2v) is 7.45. The molecule has 0 unspecified atom stereocenters. The number of rotatable bonds is 6. The molecule has 0 aliphatic heterocycles. The number of H-pyrrole nitrogens is 1. The van der Waals surface area contributed by atoms with E-state index in [1.54, 1.807) is 24.3 Å². The van der Waals surface area contributed by atoms with Gasteiger partial charge in [0.1, 0.15) is 16.5 Å². The van der Waals surface area contributed by atoms with Gasteiger partial charge >= 0.3 is 6.61 Å². The van der Waals surface area contributed by atoms with E-state index >= 15 is 0 Å². The molecule has 10 heteroatoms. The van der Waals surface area contributed by atoms with Crippen LogP contribution in [0.3, 0.4) is 0 Å². The van der Waals surface area contributed by atoms with E-state index in [9.17, 15) is 21.6 Å². The molecule has 27 heavy (non-hydrogen) atoms. The van der Waals surface area contributed by atoms with Crippen LogP contribution in [0.1, 0.15) is 0 Å². The van der Waals surface area contributed by atoms with E-state index in [-0.39, 0.29) is 4.90 Å². The monoisotopic (exact) mass is 416 g/mol. The van der Waals surface area contributed by atoms with Crippen molar-refractivity contribution in [1.29, 1.82) is 0 Å². The Morgan fingerprint density at radius 3 is 2.48 bits per heavy atom. The summed E-state index contributed by atoms with van der Waals surface area (Å²) in [4.78, 5) is 2.66. The first-order chi connectivity index (χ1) is 12.8. The Labute approximate surface area is 157 Å². The number of ether oxygens (including phenoxy) is 1. The van der Waals surface area contributed by atoms with Gasteiger partial charge in [-0.3, -0.25) is 4.72 Å². The van der Waals surface area contributed by atoms with E-state index in [0.717, 1.165) is 11.6 Å². The van der Waals surface area contributed by atoms with Crippen molar-refractivity contribution in [2.24, 2.45) is 0 Å². The fraction of sp³-hybridized carbons (Fsp3) is 0.0588. The van der Waals surface area contributed by atoms with Gasteiger partial charge in [0, 0.05) is 18.0 Å². The van der Waals surface area contributed by atoms with Gasteiger partial charge in [-0.15, -0.1) is 0 Å². The minimum Gasteiger partial charge on any atom is -0.433 e. The van der Waals surface area contributed by atoms with Crippen LogP contribution in [-0.2, 0) is 10.0 Å². The number of hydrogen-bond donors (Lipinski definition) is 2. The molecule has 0 fully saturated rings.